The van der Waals surface area contributed by atoms with Gasteiger partial charge in [-0.05, 0) is 65.2 Å². The van der Waals surface area contributed by atoms with Crippen LogP contribution in [0.3, 0.4) is 0 Å². The van der Waals surface area contributed by atoms with E-state index >= 15 is 0 Å². The lowest BCUT2D eigenvalue weighted by Gasteiger charge is -2.10. The summed E-state index contributed by atoms with van der Waals surface area (Å²) in [5, 5.41) is 27.0. The van der Waals surface area contributed by atoms with Crippen LogP contribution in [0, 0.1) is 10.8 Å². The molecule has 0 saturated carbocycles. The van der Waals surface area contributed by atoms with Crippen LogP contribution < -0.4 is 16.2 Å². The molecule has 0 fully saturated rings. The lowest BCUT2D eigenvalue weighted by atomic mass is 10.0. The maximum atomic E-state index is 12.1. The molecule has 0 unspecified atom stereocenters. The lowest BCUT2D eigenvalue weighted by Crippen LogP contribution is -2.10. The van der Waals surface area contributed by atoms with Crippen molar-refractivity contribution >= 4 is 11.7 Å². The second-order valence-electron chi connectivity index (χ2n) is 6.09. The molecule has 6 nitrogen and oxygen atoms in total. The SMILES string of the molecule is N=C(N)c1ccc(OCc2cc([O])cc(-c3cccc(C(=N)N)c3)c2)cc1. The molecule has 6 N–H and O–H groups in total. The number of rotatable bonds is 6. The minimum atomic E-state index is -0.119. The van der Waals surface area contributed by atoms with Crippen molar-refractivity contribution < 1.29 is 9.84 Å². The van der Waals surface area contributed by atoms with Gasteiger partial charge in [-0.2, -0.15) is 0 Å². The van der Waals surface area contributed by atoms with Crippen LogP contribution in [0.1, 0.15) is 16.7 Å². The molecule has 1 radical (unpaired) electrons. The molecule has 0 bridgehead atoms. The van der Waals surface area contributed by atoms with Crippen LogP contribution >= 0.6 is 0 Å². The third kappa shape index (κ3) is 4.43. The number of benzene rings is 3. The van der Waals surface area contributed by atoms with Gasteiger partial charge in [0.2, 0.25) is 0 Å². The van der Waals surface area contributed by atoms with E-state index < -0.39 is 0 Å². The number of amidine groups is 2. The van der Waals surface area contributed by atoms with Gasteiger partial charge in [0.15, 0.2) is 5.75 Å². The van der Waals surface area contributed by atoms with E-state index in [0.717, 1.165) is 16.7 Å². The summed E-state index contributed by atoms with van der Waals surface area (Å²) in [6.45, 7) is 0.231. The summed E-state index contributed by atoms with van der Waals surface area (Å²) in [5.41, 5.74) is 14.5. The van der Waals surface area contributed by atoms with E-state index in [0.29, 0.717) is 16.9 Å². The first-order valence-corrected chi connectivity index (χ1v) is 8.25. The first kappa shape index (κ1) is 18.0. The Hall–Kier alpha value is -3.80. The molecule has 3 rings (SSSR count). The number of ether oxygens (including phenoxy) is 1. The fourth-order valence-electron chi connectivity index (χ4n) is 2.67. The number of nitrogens with two attached hydrogens (primary N) is 2. The Balaban J connectivity index is 1.80. The third-order valence-corrected chi connectivity index (χ3v) is 4.04. The highest BCUT2D eigenvalue weighted by molar-refractivity contribution is 5.96. The normalized spacial score (nSPS) is 10.4. The molecule has 0 aromatic heterocycles. The Kier molecular flexibility index (Phi) is 5.08. The molecule has 3 aromatic rings. The van der Waals surface area contributed by atoms with Crippen LogP contribution in [-0.2, 0) is 11.7 Å². The van der Waals surface area contributed by atoms with E-state index in [4.69, 9.17) is 27.0 Å². The predicted octanol–water partition coefficient (Wildman–Crippen LogP) is 3.64. The van der Waals surface area contributed by atoms with E-state index in [-0.39, 0.29) is 24.0 Å². The zero-order chi connectivity index (χ0) is 19.4. The fourth-order valence-corrected chi connectivity index (χ4v) is 2.67. The quantitative estimate of drug-likeness (QED) is 0.396. The zero-order valence-corrected chi connectivity index (χ0v) is 14.5. The van der Waals surface area contributed by atoms with Gasteiger partial charge in [-0.3, -0.25) is 15.9 Å². The van der Waals surface area contributed by atoms with E-state index in [1.165, 1.54) is 6.07 Å². The maximum absolute atomic E-state index is 12.1. The molecule has 0 saturated heterocycles. The number of hydrogen-bond acceptors (Lipinski definition) is 3. The van der Waals surface area contributed by atoms with Crippen molar-refractivity contribution in [2.24, 2.45) is 11.5 Å². The van der Waals surface area contributed by atoms with Crippen LogP contribution in [0.25, 0.3) is 11.1 Å². The largest absolute Gasteiger partial charge is 0.489 e. The summed E-state index contributed by atoms with van der Waals surface area (Å²) in [4.78, 5) is 0. The summed E-state index contributed by atoms with van der Waals surface area (Å²) in [6.07, 6.45) is 0. The van der Waals surface area contributed by atoms with E-state index in [1.807, 2.05) is 12.1 Å². The summed E-state index contributed by atoms with van der Waals surface area (Å²) in [6, 6.07) is 19.0. The maximum Gasteiger partial charge on any atom is 0.179 e. The van der Waals surface area contributed by atoms with Crippen LogP contribution in [0.2, 0.25) is 0 Å². The van der Waals surface area contributed by atoms with Crippen LogP contribution in [-0.4, -0.2) is 11.7 Å². The molecule has 0 atom stereocenters. The van der Waals surface area contributed by atoms with Gasteiger partial charge in [-0.1, -0.05) is 18.2 Å². The van der Waals surface area contributed by atoms with Gasteiger partial charge in [-0.15, -0.1) is 0 Å². The molecule has 3 aromatic carbocycles. The summed E-state index contributed by atoms with van der Waals surface area (Å²) >= 11 is 0. The second kappa shape index (κ2) is 7.61. The molecule has 0 aliphatic carbocycles. The van der Waals surface area contributed by atoms with Crippen molar-refractivity contribution in [3.63, 3.8) is 0 Å². The number of hydrogen-bond donors (Lipinski definition) is 4. The predicted molar refractivity (Wildman–Crippen MR) is 105 cm³/mol. The average Bonchev–Trinajstić information content (AvgIpc) is 2.66. The zero-order valence-electron chi connectivity index (χ0n) is 14.5. The van der Waals surface area contributed by atoms with Crippen molar-refractivity contribution in [3.05, 3.63) is 83.4 Å². The molecule has 0 aliphatic rings. The van der Waals surface area contributed by atoms with Crippen molar-refractivity contribution in [1.82, 2.24) is 0 Å². The number of nitrogen functional groups attached to an aromatic ring is 2. The first-order valence-electron chi connectivity index (χ1n) is 8.25. The van der Waals surface area contributed by atoms with Crippen LogP contribution in [0.5, 0.6) is 11.5 Å². The minimum Gasteiger partial charge on any atom is -0.489 e. The van der Waals surface area contributed by atoms with Crippen molar-refractivity contribution in [2.45, 2.75) is 6.61 Å². The van der Waals surface area contributed by atoms with Crippen molar-refractivity contribution in [2.75, 3.05) is 0 Å². The average molecular weight is 359 g/mol. The van der Waals surface area contributed by atoms with Gasteiger partial charge in [0.25, 0.3) is 0 Å². The molecule has 0 heterocycles. The summed E-state index contributed by atoms with van der Waals surface area (Å²) < 4.78 is 5.73. The number of nitrogens with one attached hydrogen (secondary N) is 2. The van der Waals surface area contributed by atoms with Gasteiger partial charge in [-0.25, -0.2) is 0 Å². The smallest absolute Gasteiger partial charge is 0.179 e. The Morgan fingerprint density at radius 1 is 0.815 bits per heavy atom. The standard InChI is InChI=1S/C21H19N4O2/c22-20(23)14-4-6-19(7-5-14)27-12-13-8-17(11-18(26)9-13)15-2-1-3-16(10-15)21(24)25/h1-11H,12H2,(H3,22,23)(H3,24,25). The topological polar surface area (TPSA) is 129 Å². The summed E-state index contributed by atoms with van der Waals surface area (Å²) in [5.74, 6) is 0.480. The Morgan fingerprint density at radius 3 is 2.19 bits per heavy atom. The molecular formula is C21H19N4O2. The van der Waals surface area contributed by atoms with Crippen LogP contribution in [0.4, 0.5) is 0 Å². The van der Waals surface area contributed by atoms with E-state index in [1.54, 1.807) is 48.5 Å². The van der Waals surface area contributed by atoms with E-state index in [9.17, 15) is 5.11 Å². The molecule has 0 aliphatic heterocycles. The molecule has 6 heteroatoms. The van der Waals surface area contributed by atoms with Gasteiger partial charge in [0, 0.05) is 11.1 Å². The summed E-state index contributed by atoms with van der Waals surface area (Å²) in [7, 11) is 0. The Labute approximate surface area is 157 Å². The first-order chi connectivity index (χ1) is 12.9. The Morgan fingerprint density at radius 2 is 1.52 bits per heavy atom. The van der Waals surface area contributed by atoms with Gasteiger partial charge < -0.3 is 16.2 Å². The third-order valence-electron chi connectivity index (χ3n) is 4.04. The van der Waals surface area contributed by atoms with Crippen molar-refractivity contribution in [3.8, 4) is 22.6 Å². The van der Waals surface area contributed by atoms with Crippen LogP contribution in [0.15, 0.2) is 66.7 Å². The molecular weight excluding hydrogens is 340 g/mol. The highest BCUT2D eigenvalue weighted by atomic mass is 16.5. The monoisotopic (exact) mass is 359 g/mol. The van der Waals surface area contributed by atoms with Gasteiger partial charge in [0.05, 0.1) is 0 Å². The van der Waals surface area contributed by atoms with Gasteiger partial charge >= 0.3 is 0 Å². The lowest BCUT2D eigenvalue weighted by molar-refractivity contribution is 0.303. The van der Waals surface area contributed by atoms with Crippen molar-refractivity contribution in [1.29, 1.82) is 10.8 Å². The Bertz CT molecular complexity index is 997. The second-order valence-corrected chi connectivity index (χ2v) is 6.09. The fraction of sp³-hybridized carbons (Fsp3) is 0.0476. The molecule has 135 valence electrons. The molecule has 0 amide bonds. The highest BCUT2D eigenvalue weighted by Gasteiger charge is 2.07. The highest BCUT2D eigenvalue weighted by Crippen LogP contribution is 2.27. The molecule has 0 spiro atoms. The van der Waals surface area contributed by atoms with Gasteiger partial charge in [0.1, 0.15) is 24.0 Å². The van der Waals surface area contributed by atoms with E-state index in [2.05, 4.69) is 0 Å². The molecule has 27 heavy (non-hydrogen) atoms. The minimum absolute atomic E-state index is 0.00182.